The van der Waals surface area contributed by atoms with Crippen molar-refractivity contribution in [2.24, 2.45) is 5.73 Å². The number of carbonyl (C=O) groups is 2. The highest BCUT2D eigenvalue weighted by Gasteiger charge is 2.09. The van der Waals surface area contributed by atoms with Gasteiger partial charge in [-0.05, 0) is 53.3 Å². The molecule has 0 fully saturated rings. The van der Waals surface area contributed by atoms with Gasteiger partial charge in [-0.25, -0.2) is 0 Å². The van der Waals surface area contributed by atoms with E-state index in [0.717, 1.165) is 40.8 Å². The molecule has 0 aliphatic rings. The van der Waals surface area contributed by atoms with E-state index in [9.17, 15) is 9.59 Å². The Balaban J connectivity index is 1.57. The first-order chi connectivity index (χ1) is 15.5. The van der Waals surface area contributed by atoms with E-state index in [2.05, 4.69) is 6.07 Å². The minimum Gasteiger partial charge on any atom is -0.497 e. The lowest BCUT2D eigenvalue weighted by Crippen LogP contribution is -2.32. The maximum absolute atomic E-state index is 12.6. The molecule has 3 aromatic rings. The lowest BCUT2D eigenvalue weighted by Gasteiger charge is -2.16. The topological polar surface area (TPSA) is 72.6 Å². The van der Waals surface area contributed by atoms with E-state index in [1.165, 1.54) is 5.56 Å². The van der Waals surface area contributed by atoms with Gasteiger partial charge in [-0.15, -0.1) is 0 Å². The molecule has 0 atom stereocenters. The highest BCUT2D eigenvalue weighted by Crippen LogP contribution is 2.22. The number of carbonyl (C=O) groups excluding carboxylic acids is 2. The first-order valence-electron chi connectivity index (χ1n) is 10.8. The van der Waals surface area contributed by atoms with Gasteiger partial charge in [0.05, 0.1) is 13.7 Å². The molecule has 166 valence electrons. The lowest BCUT2D eigenvalue weighted by atomic mass is 9.98. The van der Waals surface area contributed by atoms with Gasteiger partial charge in [0, 0.05) is 25.6 Å². The van der Waals surface area contributed by atoms with Crippen LogP contribution in [-0.4, -0.2) is 37.3 Å². The summed E-state index contributed by atoms with van der Waals surface area (Å²) in [5.74, 6) is 0.900. The van der Waals surface area contributed by atoms with Crippen LogP contribution in [0.3, 0.4) is 0 Å². The number of benzene rings is 3. The molecule has 0 spiro atoms. The Morgan fingerprint density at radius 3 is 2.28 bits per heavy atom. The monoisotopic (exact) mass is 430 g/mol. The SMILES string of the molecule is COc1ccc(CCCC(=O)c2ccc(-c3cccc(CN(C)C(=O)CN)c3)cc2)cc1. The molecule has 0 aliphatic heterocycles. The van der Waals surface area contributed by atoms with Gasteiger partial charge in [-0.2, -0.15) is 0 Å². The van der Waals surface area contributed by atoms with Crippen LogP contribution in [-0.2, 0) is 17.8 Å². The molecular formula is C27H30N2O3. The molecule has 32 heavy (non-hydrogen) atoms. The Kier molecular flexibility index (Phi) is 8.17. The Labute approximate surface area is 189 Å². The Bertz CT molecular complexity index is 1040. The number of likely N-dealkylation sites (N-methyl/N-ethyl adjacent to an activating group) is 1. The largest absolute Gasteiger partial charge is 0.497 e. The molecule has 1 amide bonds. The highest BCUT2D eigenvalue weighted by molar-refractivity contribution is 5.96. The smallest absolute Gasteiger partial charge is 0.236 e. The first kappa shape index (κ1) is 23.2. The van der Waals surface area contributed by atoms with Crippen LogP contribution >= 0.6 is 0 Å². The maximum Gasteiger partial charge on any atom is 0.236 e. The predicted octanol–water partition coefficient (Wildman–Crippen LogP) is 4.48. The molecule has 0 saturated carbocycles. The van der Waals surface area contributed by atoms with E-state index in [0.29, 0.717) is 13.0 Å². The van der Waals surface area contributed by atoms with Crippen molar-refractivity contribution < 1.29 is 14.3 Å². The molecule has 0 unspecified atom stereocenters. The molecule has 0 heterocycles. The second-order valence-electron chi connectivity index (χ2n) is 7.86. The van der Waals surface area contributed by atoms with E-state index in [4.69, 9.17) is 10.5 Å². The van der Waals surface area contributed by atoms with Gasteiger partial charge in [-0.1, -0.05) is 54.6 Å². The second kappa shape index (κ2) is 11.3. The van der Waals surface area contributed by atoms with Crippen LogP contribution in [0.15, 0.2) is 72.8 Å². The fourth-order valence-corrected chi connectivity index (χ4v) is 3.61. The number of nitrogens with two attached hydrogens (primary N) is 1. The Morgan fingerprint density at radius 1 is 0.906 bits per heavy atom. The molecule has 0 bridgehead atoms. The fourth-order valence-electron chi connectivity index (χ4n) is 3.61. The molecule has 2 N–H and O–H groups in total. The summed E-state index contributed by atoms with van der Waals surface area (Å²) in [6.07, 6.45) is 2.19. The normalized spacial score (nSPS) is 10.6. The standard InChI is InChI=1S/C27H30N2O3/c1-29(27(31)18-28)19-21-6-3-7-24(17-21)22-11-13-23(14-12-22)26(30)8-4-5-20-9-15-25(32-2)16-10-20/h3,6-7,9-17H,4-5,8,18-19,28H2,1-2H3. The summed E-state index contributed by atoms with van der Waals surface area (Å²) >= 11 is 0. The zero-order valence-electron chi connectivity index (χ0n) is 18.7. The van der Waals surface area contributed by atoms with Crippen molar-refractivity contribution >= 4 is 11.7 Å². The van der Waals surface area contributed by atoms with Gasteiger partial charge >= 0.3 is 0 Å². The number of amides is 1. The van der Waals surface area contributed by atoms with Crippen LogP contribution in [0.2, 0.25) is 0 Å². The summed E-state index contributed by atoms with van der Waals surface area (Å²) in [5, 5.41) is 0. The first-order valence-corrected chi connectivity index (χ1v) is 10.8. The number of Topliss-reactive ketones (excluding diaryl/α,β-unsaturated/α-hetero) is 1. The van der Waals surface area contributed by atoms with E-state index in [1.54, 1.807) is 19.1 Å². The summed E-state index contributed by atoms with van der Waals surface area (Å²) in [4.78, 5) is 25.9. The van der Waals surface area contributed by atoms with Crippen LogP contribution in [0.5, 0.6) is 5.75 Å². The molecule has 0 aliphatic carbocycles. The summed E-state index contributed by atoms with van der Waals surface area (Å²) in [6.45, 7) is 0.514. The molecule has 0 aromatic heterocycles. The maximum atomic E-state index is 12.6. The minimum atomic E-state index is -0.0924. The summed E-state index contributed by atoms with van der Waals surface area (Å²) < 4.78 is 5.17. The van der Waals surface area contributed by atoms with E-state index < -0.39 is 0 Å². The predicted molar refractivity (Wildman–Crippen MR) is 128 cm³/mol. The number of rotatable bonds is 10. The summed E-state index contributed by atoms with van der Waals surface area (Å²) in [6, 6.07) is 23.8. The molecule has 5 nitrogen and oxygen atoms in total. The van der Waals surface area contributed by atoms with E-state index >= 15 is 0 Å². The van der Waals surface area contributed by atoms with Crippen molar-refractivity contribution in [3.8, 4) is 16.9 Å². The number of ketones is 1. The summed E-state index contributed by atoms with van der Waals surface area (Å²) in [5.41, 5.74) is 10.5. The quantitative estimate of drug-likeness (QED) is 0.481. The molecule has 0 saturated heterocycles. The number of hydrogen-bond acceptors (Lipinski definition) is 4. The third-order valence-corrected chi connectivity index (χ3v) is 5.52. The van der Waals surface area contributed by atoms with Crippen LogP contribution in [0, 0.1) is 0 Å². The number of aryl methyl sites for hydroxylation is 1. The van der Waals surface area contributed by atoms with Crippen molar-refractivity contribution in [3.63, 3.8) is 0 Å². The molecule has 0 radical (unpaired) electrons. The zero-order chi connectivity index (χ0) is 22.9. The Morgan fingerprint density at radius 2 is 1.62 bits per heavy atom. The van der Waals surface area contributed by atoms with Crippen molar-refractivity contribution in [2.75, 3.05) is 20.7 Å². The number of nitrogens with zero attached hydrogens (tertiary/aromatic N) is 1. The number of ether oxygens (including phenoxy) is 1. The summed E-state index contributed by atoms with van der Waals surface area (Å²) in [7, 11) is 3.40. The van der Waals surface area contributed by atoms with Gasteiger partial charge in [0.15, 0.2) is 5.78 Å². The van der Waals surface area contributed by atoms with Gasteiger partial charge < -0.3 is 15.4 Å². The van der Waals surface area contributed by atoms with E-state index in [1.807, 2.05) is 66.7 Å². The third kappa shape index (κ3) is 6.28. The van der Waals surface area contributed by atoms with E-state index in [-0.39, 0.29) is 18.2 Å². The zero-order valence-corrected chi connectivity index (χ0v) is 18.7. The number of hydrogen-bond donors (Lipinski definition) is 1. The van der Waals surface area contributed by atoms with Crippen molar-refractivity contribution in [2.45, 2.75) is 25.8 Å². The third-order valence-electron chi connectivity index (χ3n) is 5.52. The van der Waals surface area contributed by atoms with Gasteiger partial charge in [0.1, 0.15) is 5.75 Å². The van der Waals surface area contributed by atoms with Crippen molar-refractivity contribution in [3.05, 3.63) is 89.5 Å². The average Bonchev–Trinajstić information content (AvgIpc) is 2.84. The van der Waals surface area contributed by atoms with Crippen LogP contribution < -0.4 is 10.5 Å². The van der Waals surface area contributed by atoms with Crippen LogP contribution in [0.25, 0.3) is 11.1 Å². The van der Waals surface area contributed by atoms with Crippen LogP contribution in [0.1, 0.15) is 34.3 Å². The molecule has 3 aromatic carbocycles. The van der Waals surface area contributed by atoms with Gasteiger partial charge in [0.25, 0.3) is 0 Å². The molecule has 3 rings (SSSR count). The fraction of sp³-hybridized carbons (Fsp3) is 0.259. The lowest BCUT2D eigenvalue weighted by molar-refractivity contribution is -0.128. The van der Waals surface area contributed by atoms with Crippen LogP contribution in [0.4, 0.5) is 0 Å². The van der Waals surface area contributed by atoms with Gasteiger partial charge in [-0.3, -0.25) is 9.59 Å². The Hall–Kier alpha value is -3.44. The molecule has 5 heteroatoms. The second-order valence-corrected chi connectivity index (χ2v) is 7.86. The highest BCUT2D eigenvalue weighted by atomic mass is 16.5. The number of methoxy groups -OCH3 is 1. The minimum absolute atomic E-state index is 0.00573. The average molecular weight is 431 g/mol. The van der Waals surface area contributed by atoms with Crippen molar-refractivity contribution in [1.82, 2.24) is 4.90 Å². The molecular weight excluding hydrogens is 400 g/mol. The van der Waals surface area contributed by atoms with Gasteiger partial charge in [0.2, 0.25) is 5.91 Å². The van der Waals surface area contributed by atoms with Crippen molar-refractivity contribution in [1.29, 1.82) is 0 Å².